The largest absolute Gasteiger partial charge is 0.354 e. The van der Waals surface area contributed by atoms with E-state index in [9.17, 15) is 9.59 Å². The summed E-state index contributed by atoms with van der Waals surface area (Å²) in [5, 5.41) is 2.93. The summed E-state index contributed by atoms with van der Waals surface area (Å²) in [5.41, 5.74) is 1.44. The molecule has 1 atom stereocenters. The van der Waals surface area contributed by atoms with Crippen molar-refractivity contribution in [3.63, 3.8) is 0 Å². The summed E-state index contributed by atoms with van der Waals surface area (Å²) in [4.78, 5) is 34.5. The summed E-state index contributed by atoms with van der Waals surface area (Å²) in [7, 11) is 0. The van der Waals surface area contributed by atoms with E-state index in [2.05, 4.69) is 15.3 Å². The molecule has 0 aliphatic carbocycles. The lowest BCUT2D eigenvalue weighted by Gasteiger charge is -2.22. The molecular weight excluding hydrogens is 328 g/mol. The van der Waals surface area contributed by atoms with Gasteiger partial charge in [-0.3, -0.25) is 14.6 Å². The molecule has 0 saturated heterocycles. The van der Waals surface area contributed by atoms with Crippen molar-refractivity contribution < 1.29 is 9.59 Å². The molecule has 0 fully saturated rings. The summed E-state index contributed by atoms with van der Waals surface area (Å²) in [6.07, 6.45) is 6.35. The lowest BCUT2D eigenvalue weighted by atomic mass is 10.1. The number of rotatable bonds is 9. The number of aromatic nitrogens is 2. The Morgan fingerprint density at radius 3 is 2.58 bits per heavy atom. The van der Waals surface area contributed by atoms with E-state index in [4.69, 9.17) is 0 Å². The fourth-order valence-corrected chi connectivity index (χ4v) is 2.48. The number of amides is 2. The number of hydrogen-bond acceptors (Lipinski definition) is 4. The summed E-state index contributed by atoms with van der Waals surface area (Å²) < 4.78 is 0. The van der Waals surface area contributed by atoms with Crippen LogP contribution >= 0.6 is 0 Å². The van der Waals surface area contributed by atoms with Gasteiger partial charge in [0.05, 0.1) is 6.20 Å². The minimum Gasteiger partial charge on any atom is -0.354 e. The van der Waals surface area contributed by atoms with Crippen LogP contribution in [0.5, 0.6) is 0 Å². The predicted octanol–water partition coefficient (Wildman–Crippen LogP) is 2.47. The predicted molar refractivity (Wildman–Crippen MR) is 101 cm³/mol. The Hall–Kier alpha value is -2.76. The Kier molecular flexibility index (Phi) is 7.74. The fraction of sp³-hybridized carbons (Fsp3) is 0.400. The van der Waals surface area contributed by atoms with E-state index >= 15 is 0 Å². The van der Waals surface area contributed by atoms with E-state index < -0.39 is 0 Å². The highest BCUT2D eigenvalue weighted by atomic mass is 16.2. The SMILES string of the molecule is CC[C@H](C)NC(=O)CCN(CCc1ccccc1)C(=O)c1cnccn1. The van der Waals surface area contributed by atoms with Gasteiger partial charge in [-0.2, -0.15) is 0 Å². The molecule has 138 valence electrons. The zero-order chi connectivity index (χ0) is 18.8. The average molecular weight is 354 g/mol. The van der Waals surface area contributed by atoms with E-state index in [1.165, 1.54) is 18.6 Å². The third-order valence-electron chi connectivity index (χ3n) is 4.21. The highest BCUT2D eigenvalue weighted by Crippen LogP contribution is 2.06. The second kappa shape index (κ2) is 10.3. The van der Waals surface area contributed by atoms with Crippen LogP contribution < -0.4 is 5.32 Å². The van der Waals surface area contributed by atoms with Gasteiger partial charge in [0.15, 0.2) is 0 Å². The Morgan fingerprint density at radius 2 is 1.92 bits per heavy atom. The summed E-state index contributed by atoms with van der Waals surface area (Å²) in [6.45, 7) is 4.87. The van der Waals surface area contributed by atoms with Gasteiger partial charge in [0.25, 0.3) is 5.91 Å². The first kappa shape index (κ1) is 19.6. The van der Waals surface area contributed by atoms with Crippen molar-refractivity contribution in [3.8, 4) is 0 Å². The molecule has 2 rings (SSSR count). The molecule has 26 heavy (non-hydrogen) atoms. The second-order valence-electron chi connectivity index (χ2n) is 6.25. The lowest BCUT2D eigenvalue weighted by Crippen LogP contribution is -2.38. The van der Waals surface area contributed by atoms with Gasteiger partial charge in [0.1, 0.15) is 5.69 Å². The molecule has 0 saturated carbocycles. The second-order valence-corrected chi connectivity index (χ2v) is 6.25. The van der Waals surface area contributed by atoms with Crippen molar-refractivity contribution in [1.82, 2.24) is 20.2 Å². The first-order valence-electron chi connectivity index (χ1n) is 8.98. The topological polar surface area (TPSA) is 75.2 Å². The van der Waals surface area contributed by atoms with Crippen LogP contribution in [-0.4, -0.2) is 45.8 Å². The van der Waals surface area contributed by atoms with Crippen molar-refractivity contribution in [2.75, 3.05) is 13.1 Å². The summed E-state index contributed by atoms with van der Waals surface area (Å²) in [6, 6.07) is 10.1. The molecule has 0 unspecified atom stereocenters. The molecule has 1 aromatic heterocycles. The van der Waals surface area contributed by atoms with Crippen molar-refractivity contribution in [2.24, 2.45) is 0 Å². The van der Waals surface area contributed by atoms with Crippen molar-refractivity contribution in [2.45, 2.75) is 39.2 Å². The van der Waals surface area contributed by atoms with Crippen molar-refractivity contribution in [1.29, 1.82) is 0 Å². The van der Waals surface area contributed by atoms with Crippen LogP contribution in [0.3, 0.4) is 0 Å². The molecule has 1 N–H and O–H groups in total. The maximum absolute atomic E-state index is 12.7. The molecule has 0 aliphatic heterocycles. The van der Waals surface area contributed by atoms with Crippen LogP contribution in [0.4, 0.5) is 0 Å². The molecule has 0 aliphatic rings. The zero-order valence-electron chi connectivity index (χ0n) is 15.4. The molecule has 0 bridgehead atoms. The Balaban J connectivity index is 2.00. The van der Waals surface area contributed by atoms with E-state index in [0.717, 1.165) is 18.4 Å². The fourth-order valence-electron chi connectivity index (χ4n) is 2.48. The normalized spacial score (nSPS) is 11.6. The standard InChI is InChI=1S/C20H26N4O2/c1-3-16(2)23-19(25)10-14-24(13-9-17-7-5-4-6-8-17)20(26)18-15-21-11-12-22-18/h4-8,11-12,15-16H,3,9-10,13-14H2,1-2H3,(H,23,25)/t16-/m0/s1. The highest BCUT2D eigenvalue weighted by molar-refractivity contribution is 5.92. The van der Waals surface area contributed by atoms with Gasteiger partial charge in [-0.05, 0) is 25.3 Å². The van der Waals surface area contributed by atoms with Gasteiger partial charge in [-0.1, -0.05) is 37.3 Å². The zero-order valence-corrected chi connectivity index (χ0v) is 15.4. The maximum atomic E-state index is 12.7. The Morgan fingerprint density at radius 1 is 1.15 bits per heavy atom. The number of nitrogens with zero attached hydrogens (tertiary/aromatic N) is 3. The van der Waals surface area contributed by atoms with Crippen LogP contribution in [0.15, 0.2) is 48.9 Å². The third kappa shape index (κ3) is 6.27. The molecule has 1 heterocycles. The van der Waals surface area contributed by atoms with E-state index in [1.807, 2.05) is 44.2 Å². The Labute approximate surface area is 154 Å². The first-order chi connectivity index (χ1) is 12.6. The summed E-state index contributed by atoms with van der Waals surface area (Å²) in [5.74, 6) is -0.249. The molecule has 1 aromatic carbocycles. The summed E-state index contributed by atoms with van der Waals surface area (Å²) >= 11 is 0. The monoisotopic (exact) mass is 354 g/mol. The van der Waals surface area contributed by atoms with Crippen LogP contribution in [0.1, 0.15) is 42.7 Å². The van der Waals surface area contributed by atoms with E-state index in [1.54, 1.807) is 4.90 Å². The van der Waals surface area contributed by atoms with Crippen LogP contribution in [0.25, 0.3) is 0 Å². The third-order valence-corrected chi connectivity index (χ3v) is 4.21. The van der Waals surface area contributed by atoms with Crippen molar-refractivity contribution in [3.05, 3.63) is 60.2 Å². The number of carbonyl (C=O) groups is 2. The molecule has 2 amide bonds. The van der Waals surface area contributed by atoms with Crippen LogP contribution in [0.2, 0.25) is 0 Å². The lowest BCUT2D eigenvalue weighted by molar-refractivity contribution is -0.121. The minimum absolute atomic E-state index is 0.0454. The molecule has 0 radical (unpaired) electrons. The van der Waals surface area contributed by atoms with Crippen LogP contribution in [0, 0.1) is 0 Å². The Bertz CT molecular complexity index is 691. The molecule has 2 aromatic rings. The number of benzene rings is 1. The highest BCUT2D eigenvalue weighted by Gasteiger charge is 2.18. The van der Waals surface area contributed by atoms with Gasteiger partial charge in [-0.15, -0.1) is 0 Å². The molecule has 0 spiro atoms. The number of nitrogens with one attached hydrogen (secondary N) is 1. The van der Waals surface area contributed by atoms with Crippen molar-refractivity contribution >= 4 is 11.8 Å². The molecular formula is C20H26N4O2. The number of carbonyl (C=O) groups excluding carboxylic acids is 2. The molecule has 6 nitrogen and oxygen atoms in total. The minimum atomic E-state index is -0.203. The van der Waals surface area contributed by atoms with Gasteiger partial charge < -0.3 is 10.2 Å². The van der Waals surface area contributed by atoms with Gasteiger partial charge in [-0.25, -0.2) is 4.98 Å². The van der Waals surface area contributed by atoms with Gasteiger partial charge in [0, 0.05) is 37.9 Å². The average Bonchev–Trinajstić information content (AvgIpc) is 2.69. The first-order valence-corrected chi connectivity index (χ1v) is 8.98. The molecule has 6 heteroatoms. The van der Waals surface area contributed by atoms with Gasteiger partial charge in [0.2, 0.25) is 5.91 Å². The maximum Gasteiger partial charge on any atom is 0.274 e. The van der Waals surface area contributed by atoms with Gasteiger partial charge >= 0.3 is 0 Å². The van der Waals surface area contributed by atoms with E-state index in [-0.39, 0.29) is 24.3 Å². The smallest absolute Gasteiger partial charge is 0.274 e. The number of hydrogen-bond donors (Lipinski definition) is 1. The quantitative estimate of drug-likeness (QED) is 0.751. The van der Waals surface area contributed by atoms with E-state index in [0.29, 0.717) is 18.8 Å². The van der Waals surface area contributed by atoms with Crippen LogP contribution in [-0.2, 0) is 11.2 Å².